The third-order valence-corrected chi connectivity index (χ3v) is 3.63. The molecule has 2 unspecified atom stereocenters. The molecule has 0 aromatic heterocycles. The summed E-state index contributed by atoms with van der Waals surface area (Å²) in [7, 11) is 1.65. The Hall–Kier alpha value is -1.09. The summed E-state index contributed by atoms with van der Waals surface area (Å²) in [5.74, 6) is 4.14. The molecule has 2 aliphatic rings. The van der Waals surface area contributed by atoms with E-state index in [1.54, 1.807) is 7.11 Å². The van der Waals surface area contributed by atoms with Crippen molar-refractivity contribution >= 4 is 11.6 Å². The molecule has 3 rings (SSSR count). The second-order valence-corrected chi connectivity index (χ2v) is 4.52. The molecule has 0 saturated heterocycles. The Bertz CT molecular complexity index is 419. The first kappa shape index (κ1) is 10.1. The molecule has 2 atom stereocenters. The maximum absolute atomic E-state index is 5.85. The number of methoxy groups -OCH3 is 1. The first-order valence-electron chi connectivity index (χ1n) is 5.37. The highest BCUT2D eigenvalue weighted by Crippen LogP contribution is 2.52. The van der Waals surface area contributed by atoms with Crippen molar-refractivity contribution in [1.82, 2.24) is 0 Å². The van der Waals surface area contributed by atoms with Crippen LogP contribution in [0.4, 0.5) is 0 Å². The minimum atomic E-state index is 0.277. The van der Waals surface area contributed by atoms with E-state index >= 15 is 0 Å². The van der Waals surface area contributed by atoms with Crippen LogP contribution in [0.25, 0.3) is 0 Å². The summed E-state index contributed by atoms with van der Waals surface area (Å²) < 4.78 is 16.1. The fourth-order valence-corrected chi connectivity index (χ4v) is 2.53. The molecule has 1 saturated carbocycles. The maximum Gasteiger partial charge on any atom is 0.231 e. The lowest BCUT2D eigenvalue weighted by atomic mass is 10.1. The summed E-state index contributed by atoms with van der Waals surface area (Å²) in [6.45, 7) is 0.277. The molecule has 0 amide bonds. The SMILES string of the molecule is COc1cc(C2CC2CCl)cc2c1OCO2. The number of hydrogen-bond acceptors (Lipinski definition) is 3. The fourth-order valence-electron chi connectivity index (χ4n) is 2.19. The number of halogens is 1. The predicted molar refractivity (Wildman–Crippen MR) is 60.7 cm³/mol. The Balaban J connectivity index is 1.96. The highest BCUT2D eigenvalue weighted by molar-refractivity contribution is 6.18. The number of fused-ring (bicyclic) bond motifs is 1. The van der Waals surface area contributed by atoms with Crippen molar-refractivity contribution < 1.29 is 14.2 Å². The normalized spacial score (nSPS) is 25.6. The van der Waals surface area contributed by atoms with Crippen molar-refractivity contribution in [2.24, 2.45) is 5.92 Å². The molecule has 1 aliphatic heterocycles. The molecule has 3 nitrogen and oxygen atoms in total. The summed E-state index contributed by atoms with van der Waals surface area (Å²) >= 11 is 5.85. The molecule has 1 aromatic carbocycles. The zero-order valence-corrected chi connectivity index (χ0v) is 9.79. The van der Waals surface area contributed by atoms with Gasteiger partial charge >= 0.3 is 0 Å². The molecule has 86 valence electrons. The molecule has 0 N–H and O–H groups in total. The van der Waals surface area contributed by atoms with Crippen LogP contribution in [0.3, 0.4) is 0 Å². The van der Waals surface area contributed by atoms with E-state index in [-0.39, 0.29) is 6.79 Å². The predicted octanol–water partition coefficient (Wildman–Crippen LogP) is 2.77. The lowest BCUT2D eigenvalue weighted by molar-refractivity contribution is 0.171. The van der Waals surface area contributed by atoms with Crippen LogP contribution in [0.2, 0.25) is 0 Å². The molecule has 0 spiro atoms. The summed E-state index contributed by atoms with van der Waals surface area (Å²) in [5, 5.41) is 0. The van der Waals surface area contributed by atoms with Crippen molar-refractivity contribution in [3.63, 3.8) is 0 Å². The average Bonchev–Trinajstić information content (AvgIpc) is 2.96. The van der Waals surface area contributed by atoms with Gasteiger partial charge in [0.2, 0.25) is 12.5 Å². The summed E-state index contributed by atoms with van der Waals surface area (Å²) in [6, 6.07) is 4.08. The van der Waals surface area contributed by atoms with Crippen LogP contribution in [0.1, 0.15) is 17.9 Å². The Kier molecular flexibility index (Phi) is 2.36. The van der Waals surface area contributed by atoms with Crippen LogP contribution in [-0.2, 0) is 0 Å². The van der Waals surface area contributed by atoms with Crippen LogP contribution in [-0.4, -0.2) is 19.8 Å². The second kappa shape index (κ2) is 3.74. The van der Waals surface area contributed by atoms with Gasteiger partial charge in [0.25, 0.3) is 0 Å². The Morgan fingerprint density at radius 3 is 3.00 bits per heavy atom. The van der Waals surface area contributed by atoms with Crippen molar-refractivity contribution in [2.75, 3.05) is 19.8 Å². The Labute approximate surface area is 99.3 Å². The van der Waals surface area contributed by atoms with Gasteiger partial charge in [0.1, 0.15) is 0 Å². The zero-order chi connectivity index (χ0) is 11.1. The van der Waals surface area contributed by atoms with Gasteiger partial charge < -0.3 is 14.2 Å². The maximum atomic E-state index is 5.85. The third kappa shape index (κ3) is 1.50. The topological polar surface area (TPSA) is 27.7 Å². The number of alkyl halides is 1. The van der Waals surface area contributed by atoms with Gasteiger partial charge in [0.05, 0.1) is 7.11 Å². The van der Waals surface area contributed by atoms with Gasteiger partial charge in [-0.1, -0.05) is 0 Å². The molecule has 0 bridgehead atoms. The van der Waals surface area contributed by atoms with E-state index in [1.807, 2.05) is 12.1 Å². The van der Waals surface area contributed by atoms with Gasteiger partial charge in [0.15, 0.2) is 11.5 Å². The van der Waals surface area contributed by atoms with Gasteiger partial charge in [-0.05, 0) is 36.0 Å². The van der Waals surface area contributed by atoms with E-state index < -0.39 is 0 Å². The first-order chi connectivity index (χ1) is 7.83. The highest BCUT2D eigenvalue weighted by Gasteiger charge is 2.38. The Morgan fingerprint density at radius 1 is 1.44 bits per heavy atom. The number of benzene rings is 1. The van der Waals surface area contributed by atoms with Crippen LogP contribution >= 0.6 is 11.6 Å². The highest BCUT2D eigenvalue weighted by atomic mass is 35.5. The minimum Gasteiger partial charge on any atom is -0.493 e. The van der Waals surface area contributed by atoms with Crippen molar-refractivity contribution in [2.45, 2.75) is 12.3 Å². The van der Waals surface area contributed by atoms with E-state index in [0.717, 1.165) is 23.8 Å². The molecule has 1 heterocycles. The van der Waals surface area contributed by atoms with E-state index in [4.69, 9.17) is 25.8 Å². The van der Waals surface area contributed by atoms with E-state index in [2.05, 4.69) is 0 Å². The summed E-state index contributed by atoms with van der Waals surface area (Å²) in [6.07, 6.45) is 1.16. The minimum absolute atomic E-state index is 0.277. The number of rotatable bonds is 3. The molecular formula is C12H13ClO3. The zero-order valence-electron chi connectivity index (χ0n) is 9.03. The smallest absolute Gasteiger partial charge is 0.231 e. The van der Waals surface area contributed by atoms with Gasteiger partial charge in [-0.25, -0.2) is 0 Å². The van der Waals surface area contributed by atoms with Crippen molar-refractivity contribution in [3.8, 4) is 17.2 Å². The van der Waals surface area contributed by atoms with E-state index in [0.29, 0.717) is 17.6 Å². The average molecular weight is 241 g/mol. The van der Waals surface area contributed by atoms with E-state index in [1.165, 1.54) is 5.56 Å². The molecule has 1 aliphatic carbocycles. The number of hydrogen-bond donors (Lipinski definition) is 0. The first-order valence-corrected chi connectivity index (χ1v) is 5.90. The van der Waals surface area contributed by atoms with Crippen molar-refractivity contribution in [3.05, 3.63) is 17.7 Å². The summed E-state index contributed by atoms with van der Waals surface area (Å²) in [4.78, 5) is 0. The molecular weight excluding hydrogens is 228 g/mol. The Morgan fingerprint density at radius 2 is 2.31 bits per heavy atom. The van der Waals surface area contributed by atoms with Crippen molar-refractivity contribution in [1.29, 1.82) is 0 Å². The van der Waals surface area contributed by atoms with Gasteiger partial charge in [0, 0.05) is 5.88 Å². The quantitative estimate of drug-likeness (QED) is 0.761. The number of ether oxygens (including phenoxy) is 3. The monoisotopic (exact) mass is 240 g/mol. The summed E-state index contributed by atoms with van der Waals surface area (Å²) in [5.41, 5.74) is 1.24. The van der Waals surface area contributed by atoms with Crippen LogP contribution in [0.5, 0.6) is 17.2 Å². The standard InChI is InChI=1S/C12H13ClO3/c1-14-10-3-7(9-2-8(9)5-13)4-11-12(10)16-6-15-11/h3-4,8-9H,2,5-6H2,1H3. The van der Waals surface area contributed by atoms with Gasteiger partial charge in [-0.15, -0.1) is 11.6 Å². The molecule has 16 heavy (non-hydrogen) atoms. The van der Waals surface area contributed by atoms with Crippen LogP contribution < -0.4 is 14.2 Å². The molecule has 1 aromatic rings. The lowest BCUT2D eigenvalue weighted by Crippen LogP contribution is -1.93. The van der Waals surface area contributed by atoms with Gasteiger partial charge in [-0.2, -0.15) is 0 Å². The third-order valence-electron chi connectivity index (χ3n) is 3.23. The largest absolute Gasteiger partial charge is 0.493 e. The molecule has 1 fully saturated rings. The lowest BCUT2D eigenvalue weighted by Gasteiger charge is -2.07. The van der Waals surface area contributed by atoms with Crippen LogP contribution in [0.15, 0.2) is 12.1 Å². The fraction of sp³-hybridized carbons (Fsp3) is 0.500. The second-order valence-electron chi connectivity index (χ2n) is 4.21. The van der Waals surface area contributed by atoms with E-state index in [9.17, 15) is 0 Å². The molecule has 0 radical (unpaired) electrons. The molecule has 4 heteroatoms. The van der Waals surface area contributed by atoms with Gasteiger partial charge in [-0.3, -0.25) is 0 Å². The van der Waals surface area contributed by atoms with Crippen LogP contribution in [0, 0.1) is 5.92 Å².